The van der Waals surface area contributed by atoms with E-state index in [4.69, 9.17) is 0 Å². The third kappa shape index (κ3) is 8.48. The SMILES string of the molecule is CN(C)S(=O)(=O)C[C@H](/C=C/[C@H](Cc1ccccc1)NS(=O)(=O)N(C)C)Cc1ccccc1. The second kappa shape index (κ2) is 11.7. The molecule has 32 heavy (non-hydrogen) atoms. The van der Waals surface area contributed by atoms with Crippen LogP contribution in [0.4, 0.5) is 0 Å². The molecule has 9 heteroatoms. The van der Waals surface area contributed by atoms with Crippen LogP contribution in [-0.4, -0.2) is 65.4 Å². The van der Waals surface area contributed by atoms with Crippen molar-refractivity contribution in [3.63, 3.8) is 0 Å². The van der Waals surface area contributed by atoms with Crippen molar-refractivity contribution in [3.05, 3.63) is 83.9 Å². The highest BCUT2D eigenvalue weighted by molar-refractivity contribution is 7.89. The van der Waals surface area contributed by atoms with Crippen LogP contribution in [0.2, 0.25) is 0 Å². The summed E-state index contributed by atoms with van der Waals surface area (Å²) in [6, 6.07) is 18.7. The first-order valence-electron chi connectivity index (χ1n) is 10.4. The van der Waals surface area contributed by atoms with Gasteiger partial charge in [0, 0.05) is 34.2 Å². The zero-order chi connectivity index (χ0) is 23.8. The van der Waals surface area contributed by atoms with Crippen LogP contribution in [0.25, 0.3) is 0 Å². The molecule has 0 saturated heterocycles. The molecule has 0 aliphatic carbocycles. The van der Waals surface area contributed by atoms with Crippen LogP contribution >= 0.6 is 0 Å². The second-order valence-electron chi connectivity index (χ2n) is 8.10. The summed E-state index contributed by atoms with van der Waals surface area (Å²) in [5, 5.41) is 0. The molecule has 0 aliphatic heterocycles. The van der Waals surface area contributed by atoms with Gasteiger partial charge >= 0.3 is 0 Å². The molecule has 1 N–H and O–H groups in total. The Balaban J connectivity index is 2.32. The zero-order valence-electron chi connectivity index (χ0n) is 19.0. The highest BCUT2D eigenvalue weighted by atomic mass is 32.2. The van der Waals surface area contributed by atoms with E-state index in [-0.39, 0.29) is 11.7 Å². The summed E-state index contributed by atoms with van der Waals surface area (Å²) in [6.45, 7) is 0. The molecule has 0 spiro atoms. The smallest absolute Gasteiger partial charge is 0.212 e. The number of nitrogens with zero attached hydrogens (tertiary/aromatic N) is 2. The molecule has 0 radical (unpaired) electrons. The van der Waals surface area contributed by atoms with Crippen molar-refractivity contribution >= 4 is 20.2 Å². The molecule has 2 aromatic carbocycles. The summed E-state index contributed by atoms with van der Waals surface area (Å²) < 4.78 is 55.1. The lowest BCUT2D eigenvalue weighted by Crippen LogP contribution is -2.42. The Hall–Kier alpha value is -2.04. The van der Waals surface area contributed by atoms with Gasteiger partial charge in [-0.3, -0.25) is 0 Å². The van der Waals surface area contributed by atoms with E-state index in [9.17, 15) is 16.8 Å². The highest BCUT2D eigenvalue weighted by Crippen LogP contribution is 2.16. The topological polar surface area (TPSA) is 86.8 Å². The second-order valence-corrected chi connectivity index (χ2v) is 12.2. The summed E-state index contributed by atoms with van der Waals surface area (Å²) in [5.74, 6) is -0.379. The summed E-state index contributed by atoms with van der Waals surface area (Å²) in [7, 11) is -1.14. The Morgan fingerprint density at radius 3 is 1.72 bits per heavy atom. The lowest BCUT2D eigenvalue weighted by atomic mass is 9.98. The number of rotatable bonds is 12. The number of hydrogen-bond donors (Lipinski definition) is 1. The van der Waals surface area contributed by atoms with Gasteiger partial charge in [-0.25, -0.2) is 12.7 Å². The van der Waals surface area contributed by atoms with Gasteiger partial charge in [0.1, 0.15) is 0 Å². The van der Waals surface area contributed by atoms with Gasteiger partial charge in [-0.05, 0) is 29.9 Å². The fourth-order valence-electron chi connectivity index (χ4n) is 3.12. The number of nitrogens with one attached hydrogen (secondary N) is 1. The zero-order valence-corrected chi connectivity index (χ0v) is 20.7. The molecular weight excluding hydrogens is 446 g/mol. The van der Waals surface area contributed by atoms with E-state index < -0.39 is 26.3 Å². The molecule has 0 unspecified atom stereocenters. The first-order valence-corrected chi connectivity index (χ1v) is 13.4. The van der Waals surface area contributed by atoms with Gasteiger partial charge < -0.3 is 0 Å². The van der Waals surface area contributed by atoms with Crippen LogP contribution in [0.1, 0.15) is 11.1 Å². The fraction of sp³-hybridized carbons (Fsp3) is 0.391. The molecule has 0 aromatic heterocycles. The molecule has 7 nitrogen and oxygen atoms in total. The summed E-state index contributed by atoms with van der Waals surface area (Å²) >= 11 is 0. The predicted octanol–water partition coefficient (Wildman–Crippen LogP) is 2.30. The first-order chi connectivity index (χ1) is 15.0. The van der Waals surface area contributed by atoms with Crippen molar-refractivity contribution in [1.29, 1.82) is 0 Å². The Labute approximate surface area is 193 Å². The van der Waals surface area contributed by atoms with Crippen molar-refractivity contribution in [2.75, 3.05) is 33.9 Å². The quantitative estimate of drug-likeness (QED) is 0.473. The molecule has 2 rings (SSSR count). The first kappa shape index (κ1) is 26.2. The van der Waals surface area contributed by atoms with Crippen LogP contribution in [0, 0.1) is 5.92 Å². The molecule has 0 heterocycles. The van der Waals surface area contributed by atoms with E-state index in [0.717, 1.165) is 15.4 Å². The number of hydrogen-bond acceptors (Lipinski definition) is 4. The Morgan fingerprint density at radius 1 is 0.750 bits per heavy atom. The number of sulfonamides is 1. The normalized spacial score (nSPS) is 14.8. The van der Waals surface area contributed by atoms with Crippen molar-refractivity contribution in [2.24, 2.45) is 5.92 Å². The fourth-order valence-corrected chi connectivity index (χ4v) is 4.95. The van der Waals surface area contributed by atoms with E-state index in [2.05, 4.69) is 4.72 Å². The minimum absolute atomic E-state index is 0.0656. The van der Waals surface area contributed by atoms with E-state index in [1.807, 2.05) is 66.7 Å². The van der Waals surface area contributed by atoms with E-state index in [1.165, 1.54) is 32.5 Å². The average Bonchev–Trinajstić information content (AvgIpc) is 2.72. The lowest BCUT2D eigenvalue weighted by molar-refractivity contribution is 0.496. The summed E-state index contributed by atoms with van der Waals surface area (Å²) in [4.78, 5) is 0. The number of allylic oxidation sites excluding steroid dienone is 1. The van der Waals surface area contributed by atoms with Crippen molar-refractivity contribution < 1.29 is 16.8 Å². The Bertz CT molecular complexity index is 981. The monoisotopic (exact) mass is 479 g/mol. The van der Waals surface area contributed by atoms with Gasteiger partial charge in [-0.1, -0.05) is 72.8 Å². The molecule has 2 aromatic rings. The van der Waals surface area contributed by atoms with Gasteiger partial charge in [0.15, 0.2) is 0 Å². The lowest BCUT2D eigenvalue weighted by Gasteiger charge is -2.21. The molecule has 0 saturated carbocycles. The van der Waals surface area contributed by atoms with Crippen LogP contribution in [-0.2, 0) is 33.1 Å². The average molecular weight is 480 g/mol. The van der Waals surface area contributed by atoms with Gasteiger partial charge in [0.25, 0.3) is 10.2 Å². The maximum Gasteiger partial charge on any atom is 0.279 e. The Kier molecular flexibility index (Phi) is 9.60. The van der Waals surface area contributed by atoms with Crippen molar-refractivity contribution in [2.45, 2.75) is 18.9 Å². The van der Waals surface area contributed by atoms with E-state index in [1.54, 1.807) is 6.08 Å². The van der Waals surface area contributed by atoms with Crippen LogP contribution in [0.5, 0.6) is 0 Å². The molecule has 0 bridgehead atoms. The van der Waals surface area contributed by atoms with Crippen molar-refractivity contribution in [3.8, 4) is 0 Å². The van der Waals surface area contributed by atoms with E-state index >= 15 is 0 Å². The summed E-state index contributed by atoms with van der Waals surface area (Å²) in [6.07, 6.45) is 4.57. The molecule has 0 aliphatic rings. The molecule has 176 valence electrons. The minimum Gasteiger partial charge on any atom is -0.212 e. The van der Waals surface area contributed by atoms with Gasteiger partial charge in [-0.15, -0.1) is 0 Å². The minimum atomic E-state index is -3.67. The van der Waals surface area contributed by atoms with E-state index in [0.29, 0.717) is 12.8 Å². The standard InChI is InChI=1S/C23H33N3O4S2/c1-25(2)31(27,28)19-22(17-20-11-7-5-8-12-20)15-16-23(24-32(29,30)26(3)4)18-21-13-9-6-10-14-21/h5-16,22-24H,17-19H2,1-4H3/b16-15+/t22-,23-/m1/s1. The third-order valence-electron chi connectivity index (χ3n) is 5.02. The molecule has 0 fully saturated rings. The maximum absolute atomic E-state index is 12.6. The summed E-state index contributed by atoms with van der Waals surface area (Å²) in [5.41, 5.74) is 1.99. The van der Waals surface area contributed by atoms with Crippen LogP contribution in [0.15, 0.2) is 72.8 Å². The highest BCUT2D eigenvalue weighted by Gasteiger charge is 2.22. The maximum atomic E-state index is 12.6. The van der Waals surface area contributed by atoms with Gasteiger partial charge in [-0.2, -0.15) is 17.4 Å². The third-order valence-corrected chi connectivity index (χ3v) is 8.54. The molecular formula is C23H33N3O4S2. The predicted molar refractivity (Wildman–Crippen MR) is 130 cm³/mol. The molecule has 0 amide bonds. The van der Waals surface area contributed by atoms with Crippen LogP contribution in [0.3, 0.4) is 0 Å². The molecule has 2 atom stereocenters. The van der Waals surface area contributed by atoms with Gasteiger partial charge in [0.05, 0.1) is 5.75 Å². The van der Waals surface area contributed by atoms with Crippen molar-refractivity contribution in [1.82, 2.24) is 13.3 Å². The van der Waals surface area contributed by atoms with Crippen LogP contribution < -0.4 is 4.72 Å². The van der Waals surface area contributed by atoms with Gasteiger partial charge in [0.2, 0.25) is 10.0 Å². The largest absolute Gasteiger partial charge is 0.279 e. The Morgan fingerprint density at radius 2 is 1.25 bits per heavy atom. The number of benzene rings is 2.